The van der Waals surface area contributed by atoms with E-state index >= 15 is 0 Å². The smallest absolute Gasteiger partial charge is 0.328 e. The minimum atomic E-state index is -0.825. The molecule has 0 aliphatic heterocycles. The normalized spacial score (nSPS) is 11.4. The summed E-state index contributed by atoms with van der Waals surface area (Å²) in [5.41, 5.74) is 1.20. The number of carbonyl (C=O) groups is 2. The zero-order valence-corrected chi connectivity index (χ0v) is 13.5. The maximum absolute atomic E-state index is 12.3. The zero-order chi connectivity index (χ0) is 17.5. The largest absolute Gasteiger partial charge is 0.508 e. The van der Waals surface area contributed by atoms with Crippen LogP contribution in [-0.2, 0) is 16.0 Å². The molecule has 0 unspecified atom stereocenters. The number of phenolic OH excluding ortho intramolecular Hbond substituents is 1. The van der Waals surface area contributed by atoms with Gasteiger partial charge in [-0.15, -0.1) is 0 Å². The summed E-state index contributed by atoms with van der Waals surface area (Å²) in [7, 11) is 2.81. The third kappa shape index (κ3) is 4.49. The monoisotopic (exact) mass is 329 g/mol. The molecule has 2 aromatic rings. The van der Waals surface area contributed by atoms with Crippen molar-refractivity contribution in [3.63, 3.8) is 0 Å². The number of carbonyl (C=O) groups excluding carboxylic acids is 2. The number of benzene rings is 2. The molecule has 0 aliphatic carbocycles. The lowest BCUT2D eigenvalue weighted by atomic mass is 10.1. The molecule has 6 heteroatoms. The van der Waals surface area contributed by atoms with E-state index in [1.807, 2.05) is 0 Å². The van der Waals surface area contributed by atoms with Gasteiger partial charge in [-0.2, -0.15) is 0 Å². The highest BCUT2D eigenvalue weighted by atomic mass is 16.5. The number of amides is 1. The summed E-state index contributed by atoms with van der Waals surface area (Å²) in [6.07, 6.45) is 0.259. The Balaban J connectivity index is 2.11. The summed E-state index contributed by atoms with van der Waals surface area (Å²) < 4.78 is 9.81. The van der Waals surface area contributed by atoms with Crippen LogP contribution in [0.5, 0.6) is 11.5 Å². The second kappa shape index (κ2) is 8.01. The zero-order valence-electron chi connectivity index (χ0n) is 13.5. The van der Waals surface area contributed by atoms with Crippen molar-refractivity contribution in [1.29, 1.82) is 0 Å². The summed E-state index contributed by atoms with van der Waals surface area (Å²) in [4.78, 5) is 24.3. The number of hydrogen-bond acceptors (Lipinski definition) is 5. The van der Waals surface area contributed by atoms with Crippen molar-refractivity contribution >= 4 is 11.9 Å². The molecule has 6 nitrogen and oxygen atoms in total. The van der Waals surface area contributed by atoms with Gasteiger partial charge in [0.05, 0.1) is 14.2 Å². The van der Waals surface area contributed by atoms with Gasteiger partial charge in [0, 0.05) is 12.0 Å². The molecule has 0 aromatic heterocycles. The lowest BCUT2D eigenvalue weighted by molar-refractivity contribution is -0.142. The first-order valence-electron chi connectivity index (χ1n) is 7.34. The maximum Gasteiger partial charge on any atom is 0.328 e. The highest BCUT2D eigenvalue weighted by Crippen LogP contribution is 2.14. The van der Waals surface area contributed by atoms with Crippen molar-refractivity contribution in [3.8, 4) is 11.5 Å². The van der Waals surface area contributed by atoms with Crippen molar-refractivity contribution in [2.75, 3.05) is 14.2 Å². The Morgan fingerprint density at radius 1 is 1.04 bits per heavy atom. The first kappa shape index (κ1) is 17.3. The van der Waals surface area contributed by atoms with Crippen molar-refractivity contribution in [2.24, 2.45) is 0 Å². The summed E-state index contributed by atoms with van der Waals surface area (Å²) in [6, 6.07) is 12.2. The standard InChI is InChI=1S/C18H19NO5/c1-23-15-9-5-13(6-10-15)17(21)19-16(18(22)24-2)11-12-3-7-14(20)8-4-12/h3-10,16,20H,11H2,1-2H3,(H,19,21)/t16-/m1/s1. The predicted octanol–water partition coefficient (Wildman–Crippen LogP) is 1.91. The third-order valence-corrected chi connectivity index (χ3v) is 3.52. The van der Waals surface area contributed by atoms with Gasteiger partial charge >= 0.3 is 5.97 Å². The highest BCUT2D eigenvalue weighted by Gasteiger charge is 2.22. The molecule has 1 amide bonds. The SMILES string of the molecule is COC(=O)[C@@H](Cc1ccc(O)cc1)NC(=O)c1ccc(OC)cc1. The van der Waals surface area contributed by atoms with Gasteiger partial charge in [0.15, 0.2) is 0 Å². The number of phenols is 1. The average molecular weight is 329 g/mol. The summed E-state index contributed by atoms with van der Waals surface area (Å²) in [6.45, 7) is 0. The molecule has 0 radical (unpaired) electrons. The molecular formula is C18H19NO5. The second-order valence-corrected chi connectivity index (χ2v) is 5.15. The fraction of sp³-hybridized carbons (Fsp3) is 0.222. The number of rotatable bonds is 6. The molecule has 0 saturated carbocycles. The predicted molar refractivity (Wildman–Crippen MR) is 88.1 cm³/mol. The molecule has 2 rings (SSSR count). The van der Waals surface area contributed by atoms with Crippen LogP contribution in [0.3, 0.4) is 0 Å². The molecule has 0 saturated heterocycles. The van der Waals surface area contributed by atoms with E-state index in [4.69, 9.17) is 9.47 Å². The Bertz CT molecular complexity index is 694. The number of methoxy groups -OCH3 is 2. The van der Waals surface area contributed by atoms with Gasteiger partial charge in [-0.25, -0.2) is 4.79 Å². The Morgan fingerprint density at radius 2 is 1.67 bits per heavy atom. The van der Waals surface area contributed by atoms with Gasteiger partial charge in [-0.3, -0.25) is 4.79 Å². The highest BCUT2D eigenvalue weighted by molar-refractivity contribution is 5.96. The molecule has 2 aromatic carbocycles. The molecule has 126 valence electrons. The minimum Gasteiger partial charge on any atom is -0.508 e. The second-order valence-electron chi connectivity index (χ2n) is 5.15. The number of esters is 1. The van der Waals surface area contributed by atoms with Crippen LogP contribution in [-0.4, -0.2) is 37.2 Å². The van der Waals surface area contributed by atoms with E-state index in [9.17, 15) is 14.7 Å². The van der Waals surface area contributed by atoms with Gasteiger partial charge in [0.1, 0.15) is 17.5 Å². The quantitative estimate of drug-likeness (QED) is 0.791. The Hall–Kier alpha value is -3.02. The molecule has 0 spiro atoms. The summed E-state index contributed by atoms with van der Waals surface area (Å²) in [5, 5.41) is 12.0. The van der Waals surface area contributed by atoms with E-state index in [0.29, 0.717) is 11.3 Å². The molecule has 1 atom stereocenters. The van der Waals surface area contributed by atoms with E-state index in [1.54, 1.807) is 43.5 Å². The molecule has 0 fully saturated rings. The Labute approximate surface area is 140 Å². The van der Waals surface area contributed by atoms with Crippen molar-refractivity contribution < 1.29 is 24.2 Å². The molecule has 2 N–H and O–H groups in total. The molecular weight excluding hydrogens is 310 g/mol. The van der Waals surface area contributed by atoms with Crippen LogP contribution >= 0.6 is 0 Å². The first-order valence-corrected chi connectivity index (χ1v) is 7.34. The third-order valence-electron chi connectivity index (χ3n) is 3.52. The molecule has 24 heavy (non-hydrogen) atoms. The van der Waals surface area contributed by atoms with Crippen LogP contribution in [0.15, 0.2) is 48.5 Å². The van der Waals surface area contributed by atoms with Crippen LogP contribution in [0, 0.1) is 0 Å². The van der Waals surface area contributed by atoms with Gasteiger partial charge in [0.25, 0.3) is 5.91 Å². The number of ether oxygens (including phenoxy) is 2. The van der Waals surface area contributed by atoms with Crippen LogP contribution in [0.1, 0.15) is 15.9 Å². The summed E-state index contributed by atoms with van der Waals surface area (Å²) in [5.74, 6) is -0.146. The average Bonchev–Trinajstić information content (AvgIpc) is 2.62. The van der Waals surface area contributed by atoms with E-state index in [1.165, 1.54) is 19.2 Å². The maximum atomic E-state index is 12.3. The van der Waals surface area contributed by atoms with Crippen LogP contribution in [0.25, 0.3) is 0 Å². The van der Waals surface area contributed by atoms with Gasteiger partial charge < -0.3 is 19.9 Å². The molecule has 0 heterocycles. The summed E-state index contributed by atoms with van der Waals surface area (Å²) >= 11 is 0. The van der Waals surface area contributed by atoms with E-state index in [2.05, 4.69) is 5.32 Å². The lowest BCUT2D eigenvalue weighted by Crippen LogP contribution is -2.43. The van der Waals surface area contributed by atoms with Crippen LogP contribution in [0.2, 0.25) is 0 Å². The van der Waals surface area contributed by atoms with Crippen molar-refractivity contribution in [3.05, 3.63) is 59.7 Å². The number of hydrogen-bond donors (Lipinski definition) is 2. The first-order chi connectivity index (χ1) is 11.5. The van der Waals surface area contributed by atoms with E-state index in [-0.39, 0.29) is 18.1 Å². The topological polar surface area (TPSA) is 84.9 Å². The fourth-order valence-corrected chi connectivity index (χ4v) is 2.19. The van der Waals surface area contributed by atoms with Gasteiger partial charge in [-0.05, 0) is 42.0 Å². The van der Waals surface area contributed by atoms with Crippen LogP contribution in [0.4, 0.5) is 0 Å². The van der Waals surface area contributed by atoms with E-state index in [0.717, 1.165) is 5.56 Å². The van der Waals surface area contributed by atoms with Crippen molar-refractivity contribution in [2.45, 2.75) is 12.5 Å². The van der Waals surface area contributed by atoms with Gasteiger partial charge in [-0.1, -0.05) is 12.1 Å². The van der Waals surface area contributed by atoms with Crippen LogP contribution < -0.4 is 10.1 Å². The molecule has 0 bridgehead atoms. The number of nitrogens with one attached hydrogen (secondary N) is 1. The minimum absolute atomic E-state index is 0.135. The van der Waals surface area contributed by atoms with E-state index < -0.39 is 12.0 Å². The Kier molecular flexibility index (Phi) is 5.78. The Morgan fingerprint density at radius 3 is 2.21 bits per heavy atom. The molecule has 0 aliphatic rings. The van der Waals surface area contributed by atoms with Gasteiger partial charge in [0.2, 0.25) is 0 Å². The number of aromatic hydroxyl groups is 1. The fourth-order valence-electron chi connectivity index (χ4n) is 2.19. The van der Waals surface area contributed by atoms with Crippen molar-refractivity contribution in [1.82, 2.24) is 5.32 Å². The lowest BCUT2D eigenvalue weighted by Gasteiger charge is -2.17.